The Balaban J connectivity index is 2.45. The quantitative estimate of drug-likeness (QED) is 0.340. The molecule has 0 atom stereocenters. The molecule has 0 bridgehead atoms. The lowest BCUT2D eigenvalue weighted by atomic mass is 10.1. The van der Waals surface area contributed by atoms with Gasteiger partial charge >= 0.3 is 0 Å². The number of amidine groups is 1. The Morgan fingerprint density at radius 2 is 2.38 bits per heavy atom. The minimum Gasteiger partial charge on any atom is -0.493 e. The fourth-order valence-corrected chi connectivity index (χ4v) is 1.55. The number of oxime groups is 1. The van der Waals surface area contributed by atoms with Crippen LogP contribution in [0.15, 0.2) is 28.9 Å². The zero-order valence-electron chi connectivity index (χ0n) is 8.80. The third kappa shape index (κ3) is 1.67. The third-order valence-corrected chi connectivity index (χ3v) is 2.37. The second-order valence-electron chi connectivity index (χ2n) is 3.32. The lowest BCUT2D eigenvalue weighted by Crippen LogP contribution is -2.22. The first-order valence-electron chi connectivity index (χ1n) is 4.74. The number of hydrogen-bond donors (Lipinski definition) is 2. The zero-order chi connectivity index (χ0) is 11.5. The van der Waals surface area contributed by atoms with Crippen molar-refractivity contribution in [2.45, 2.75) is 0 Å². The van der Waals surface area contributed by atoms with E-state index in [1.54, 1.807) is 7.11 Å². The molecule has 1 aliphatic rings. The van der Waals surface area contributed by atoms with Crippen molar-refractivity contribution in [3.8, 4) is 11.5 Å². The van der Waals surface area contributed by atoms with Crippen LogP contribution in [-0.4, -0.2) is 24.8 Å². The second-order valence-corrected chi connectivity index (χ2v) is 3.32. The number of methoxy groups -OCH3 is 1. The normalized spacial score (nSPS) is 14.8. The summed E-state index contributed by atoms with van der Waals surface area (Å²) in [6, 6.07) is 5.55. The summed E-state index contributed by atoms with van der Waals surface area (Å²) in [6.45, 7) is 0.267. The van der Waals surface area contributed by atoms with Gasteiger partial charge in [-0.15, -0.1) is 0 Å². The Bertz CT molecular complexity index is 466. The molecule has 1 aliphatic heterocycles. The van der Waals surface area contributed by atoms with E-state index in [1.807, 2.05) is 24.3 Å². The summed E-state index contributed by atoms with van der Waals surface area (Å²) in [6.07, 6.45) is 1.82. The van der Waals surface area contributed by atoms with E-state index in [0.717, 1.165) is 5.56 Å². The third-order valence-electron chi connectivity index (χ3n) is 2.37. The average Bonchev–Trinajstić information content (AvgIpc) is 2.36. The van der Waals surface area contributed by atoms with E-state index in [0.29, 0.717) is 17.1 Å². The van der Waals surface area contributed by atoms with Crippen molar-refractivity contribution < 1.29 is 14.7 Å². The number of benzene rings is 1. The van der Waals surface area contributed by atoms with Crippen molar-refractivity contribution >= 4 is 11.9 Å². The Hall–Kier alpha value is -2.17. The molecule has 0 saturated carbocycles. The molecule has 5 heteroatoms. The minimum absolute atomic E-state index is 0.0634. The predicted octanol–water partition coefficient (Wildman–Crippen LogP) is 1.22. The molecule has 0 radical (unpaired) electrons. The van der Waals surface area contributed by atoms with Crippen molar-refractivity contribution in [2.75, 3.05) is 13.7 Å². The molecule has 0 saturated heterocycles. The van der Waals surface area contributed by atoms with Gasteiger partial charge in [0.15, 0.2) is 17.3 Å². The van der Waals surface area contributed by atoms with Crippen LogP contribution in [0.1, 0.15) is 5.56 Å². The van der Waals surface area contributed by atoms with Crippen LogP contribution in [0.4, 0.5) is 0 Å². The number of nitrogens with two attached hydrogens (primary N) is 1. The van der Waals surface area contributed by atoms with Gasteiger partial charge < -0.3 is 20.4 Å². The SMILES string of the molecule is COc1cccc2c1OCC(/C(N)=N\O)=C2. The maximum atomic E-state index is 8.58. The average molecular weight is 220 g/mol. The van der Waals surface area contributed by atoms with Gasteiger partial charge in [-0.3, -0.25) is 0 Å². The van der Waals surface area contributed by atoms with Crippen LogP contribution in [0.2, 0.25) is 0 Å². The van der Waals surface area contributed by atoms with Gasteiger partial charge in [-0.05, 0) is 12.1 Å². The van der Waals surface area contributed by atoms with Crippen LogP contribution in [-0.2, 0) is 0 Å². The fourth-order valence-electron chi connectivity index (χ4n) is 1.55. The molecule has 0 aliphatic carbocycles. The van der Waals surface area contributed by atoms with Gasteiger partial charge in [0.2, 0.25) is 0 Å². The van der Waals surface area contributed by atoms with Gasteiger partial charge in [0.05, 0.1) is 7.11 Å². The summed E-state index contributed by atoms with van der Waals surface area (Å²) >= 11 is 0. The highest BCUT2D eigenvalue weighted by atomic mass is 16.5. The maximum absolute atomic E-state index is 8.58. The molecule has 16 heavy (non-hydrogen) atoms. The van der Waals surface area contributed by atoms with E-state index < -0.39 is 0 Å². The fraction of sp³-hybridized carbons (Fsp3) is 0.182. The van der Waals surface area contributed by atoms with Crippen LogP contribution < -0.4 is 15.2 Å². The van der Waals surface area contributed by atoms with Crippen LogP contribution in [0.25, 0.3) is 6.08 Å². The molecular formula is C11H12N2O3. The number of ether oxygens (including phenoxy) is 2. The lowest BCUT2D eigenvalue weighted by Gasteiger charge is -2.19. The molecule has 84 valence electrons. The number of fused-ring (bicyclic) bond motifs is 1. The van der Waals surface area contributed by atoms with Gasteiger partial charge in [0, 0.05) is 11.1 Å². The van der Waals surface area contributed by atoms with Crippen LogP contribution in [0.3, 0.4) is 0 Å². The molecule has 1 aromatic rings. The number of para-hydroxylation sites is 1. The van der Waals surface area contributed by atoms with Gasteiger partial charge in [-0.2, -0.15) is 0 Å². The van der Waals surface area contributed by atoms with E-state index in [9.17, 15) is 0 Å². The molecule has 0 unspecified atom stereocenters. The van der Waals surface area contributed by atoms with Crippen molar-refractivity contribution in [1.29, 1.82) is 0 Å². The Morgan fingerprint density at radius 3 is 3.06 bits per heavy atom. The van der Waals surface area contributed by atoms with Gasteiger partial charge in [0.1, 0.15) is 6.61 Å². The molecule has 2 rings (SSSR count). The molecule has 0 aromatic heterocycles. The standard InChI is InChI=1S/C11H12N2O3/c1-15-9-4-2-3-7-5-8(11(12)13-14)6-16-10(7)9/h2-5,14H,6H2,1H3,(H2,12,13). The molecule has 5 nitrogen and oxygen atoms in total. The predicted molar refractivity (Wildman–Crippen MR) is 59.9 cm³/mol. The lowest BCUT2D eigenvalue weighted by molar-refractivity contribution is 0.309. The van der Waals surface area contributed by atoms with Crippen molar-refractivity contribution in [1.82, 2.24) is 0 Å². The van der Waals surface area contributed by atoms with E-state index in [2.05, 4.69) is 5.16 Å². The number of hydrogen-bond acceptors (Lipinski definition) is 4. The second kappa shape index (κ2) is 4.14. The van der Waals surface area contributed by atoms with E-state index >= 15 is 0 Å². The summed E-state index contributed by atoms with van der Waals surface area (Å²) in [5.74, 6) is 1.42. The first-order valence-corrected chi connectivity index (χ1v) is 4.74. The molecular weight excluding hydrogens is 208 g/mol. The Kier molecular flexibility index (Phi) is 2.68. The summed E-state index contributed by atoms with van der Waals surface area (Å²) in [5, 5.41) is 11.5. The molecule has 1 heterocycles. The van der Waals surface area contributed by atoms with E-state index in [4.69, 9.17) is 20.4 Å². The molecule has 0 spiro atoms. The molecule has 0 amide bonds. The first-order chi connectivity index (χ1) is 7.76. The topological polar surface area (TPSA) is 77.1 Å². The van der Waals surface area contributed by atoms with Crippen LogP contribution in [0.5, 0.6) is 11.5 Å². The highest BCUT2D eigenvalue weighted by Crippen LogP contribution is 2.35. The maximum Gasteiger partial charge on any atom is 0.169 e. The van der Waals surface area contributed by atoms with Crippen LogP contribution >= 0.6 is 0 Å². The summed E-state index contributed by atoms with van der Waals surface area (Å²) < 4.78 is 10.7. The summed E-state index contributed by atoms with van der Waals surface area (Å²) in [7, 11) is 1.59. The molecule has 1 aromatic carbocycles. The van der Waals surface area contributed by atoms with Crippen molar-refractivity contribution in [2.24, 2.45) is 10.9 Å². The van der Waals surface area contributed by atoms with E-state index in [1.165, 1.54) is 0 Å². The number of rotatable bonds is 2. The highest BCUT2D eigenvalue weighted by Gasteiger charge is 2.17. The summed E-state index contributed by atoms with van der Waals surface area (Å²) in [4.78, 5) is 0. The number of nitrogens with zero attached hydrogens (tertiary/aromatic N) is 1. The first kappa shape index (κ1) is 10.4. The molecule has 0 fully saturated rings. The smallest absolute Gasteiger partial charge is 0.169 e. The van der Waals surface area contributed by atoms with Crippen LogP contribution in [0, 0.1) is 0 Å². The van der Waals surface area contributed by atoms with Gasteiger partial charge in [-0.1, -0.05) is 17.3 Å². The highest BCUT2D eigenvalue weighted by molar-refractivity contribution is 6.01. The Labute approximate surface area is 92.8 Å². The minimum atomic E-state index is 0.0634. The van der Waals surface area contributed by atoms with Gasteiger partial charge in [-0.25, -0.2) is 0 Å². The largest absolute Gasteiger partial charge is 0.493 e. The van der Waals surface area contributed by atoms with E-state index in [-0.39, 0.29) is 12.4 Å². The Morgan fingerprint density at radius 1 is 1.56 bits per heavy atom. The molecule has 3 N–H and O–H groups in total. The van der Waals surface area contributed by atoms with Crippen molar-refractivity contribution in [3.05, 3.63) is 29.3 Å². The summed E-state index contributed by atoms with van der Waals surface area (Å²) in [5.41, 5.74) is 6.99. The zero-order valence-corrected chi connectivity index (χ0v) is 8.80. The monoisotopic (exact) mass is 220 g/mol. The van der Waals surface area contributed by atoms with Gasteiger partial charge in [0.25, 0.3) is 0 Å². The van der Waals surface area contributed by atoms with Crippen molar-refractivity contribution in [3.63, 3.8) is 0 Å².